The molecule has 7 nitrogen and oxygen atoms in total. The van der Waals surface area contributed by atoms with E-state index in [1.165, 1.54) is 11.1 Å². The lowest BCUT2D eigenvalue weighted by atomic mass is 9.99. The summed E-state index contributed by atoms with van der Waals surface area (Å²) in [7, 11) is 3.65. The van der Waals surface area contributed by atoms with Crippen LogP contribution in [0.4, 0.5) is 0 Å². The van der Waals surface area contributed by atoms with E-state index in [0.717, 1.165) is 83.4 Å². The van der Waals surface area contributed by atoms with Crippen molar-refractivity contribution in [2.24, 2.45) is 7.05 Å². The van der Waals surface area contributed by atoms with Crippen molar-refractivity contribution in [2.75, 3.05) is 32.5 Å². The van der Waals surface area contributed by atoms with Crippen molar-refractivity contribution in [1.29, 1.82) is 0 Å². The minimum atomic E-state index is 0.794. The smallest absolute Gasteiger partial charge is 0.191 e. The van der Waals surface area contributed by atoms with Crippen LogP contribution in [0.2, 0.25) is 0 Å². The van der Waals surface area contributed by atoms with Gasteiger partial charge >= 0.3 is 0 Å². The number of benzene rings is 2. The van der Waals surface area contributed by atoms with E-state index < -0.39 is 0 Å². The van der Waals surface area contributed by atoms with E-state index in [9.17, 15) is 0 Å². The van der Waals surface area contributed by atoms with Crippen molar-refractivity contribution in [3.05, 3.63) is 78.0 Å². The average Bonchev–Trinajstić information content (AvgIpc) is 3.14. The van der Waals surface area contributed by atoms with E-state index in [2.05, 4.69) is 73.1 Å². The zero-order valence-corrected chi connectivity index (χ0v) is 21.7. The molecule has 2 aromatic heterocycles. The second-order valence-corrected chi connectivity index (χ2v) is 10.2. The Hall–Kier alpha value is -3.20. The van der Waals surface area contributed by atoms with Crippen molar-refractivity contribution in [1.82, 2.24) is 30.1 Å². The highest BCUT2D eigenvalue weighted by Crippen LogP contribution is 2.26. The van der Waals surface area contributed by atoms with E-state index in [1.807, 2.05) is 25.4 Å². The molecule has 0 bridgehead atoms. The minimum absolute atomic E-state index is 0.794. The molecule has 8 heteroatoms. The molecular weight excluding hydrogens is 468 g/mol. The summed E-state index contributed by atoms with van der Waals surface area (Å²) in [6.07, 6.45) is 5.08. The van der Waals surface area contributed by atoms with Gasteiger partial charge in [0, 0.05) is 43.0 Å². The number of hydrogen-bond donors (Lipinski definition) is 1. The molecule has 3 heterocycles. The number of nitrogens with zero attached hydrogens (tertiary/aromatic N) is 5. The number of hydrogen-bond acceptors (Lipinski definition) is 7. The third-order valence-corrected chi connectivity index (χ3v) is 7.83. The number of hydroxylamine groups is 1. The molecule has 0 aliphatic carbocycles. The summed E-state index contributed by atoms with van der Waals surface area (Å²) in [5.41, 5.74) is 9.63. The molecule has 5 rings (SSSR count). The molecule has 0 amide bonds. The van der Waals surface area contributed by atoms with Crippen LogP contribution in [0, 0.1) is 0 Å². The molecule has 0 atom stereocenters. The SMILES string of the molecule is C=C(NOC)c1ccc2c(c1)CCN(CCCSc1nnc(-c3ccc4ncccc4c3)n1C)CC2. The topological polar surface area (TPSA) is 68.1 Å². The molecule has 186 valence electrons. The molecule has 2 aromatic carbocycles. The Morgan fingerprint density at radius 1 is 1.08 bits per heavy atom. The van der Waals surface area contributed by atoms with E-state index in [0.29, 0.717) is 0 Å². The predicted molar refractivity (Wildman–Crippen MR) is 147 cm³/mol. The number of thioether (sulfide) groups is 1. The Morgan fingerprint density at radius 3 is 2.81 bits per heavy atom. The van der Waals surface area contributed by atoms with Crippen LogP contribution in [0.5, 0.6) is 0 Å². The Balaban J connectivity index is 1.13. The second-order valence-electron chi connectivity index (χ2n) is 9.09. The Labute approximate surface area is 216 Å². The van der Waals surface area contributed by atoms with Gasteiger partial charge in [0.15, 0.2) is 11.0 Å². The van der Waals surface area contributed by atoms with Gasteiger partial charge in [-0.15, -0.1) is 10.2 Å². The number of nitrogens with one attached hydrogen (secondary N) is 1. The molecule has 0 spiro atoms. The molecule has 36 heavy (non-hydrogen) atoms. The average molecular weight is 501 g/mol. The molecular formula is C28H32N6OS. The lowest BCUT2D eigenvalue weighted by Crippen LogP contribution is -2.27. The second kappa shape index (κ2) is 11.2. The molecule has 0 unspecified atom stereocenters. The highest BCUT2D eigenvalue weighted by molar-refractivity contribution is 7.99. The minimum Gasteiger partial charge on any atom is -0.305 e. The summed E-state index contributed by atoms with van der Waals surface area (Å²) in [6.45, 7) is 7.32. The highest BCUT2D eigenvalue weighted by Gasteiger charge is 2.16. The molecule has 4 aromatic rings. The Morgan fingerprint density at radius 2 is 1.94 bits per heavy atom. The Bertz CT molecular complexity index is 1370. The van der Waals surface area contributed by atoms with Crippen LogP contribution in [0.15, 0.2) is 66.5 Å². The number of fused-ring (bicyclic) bond motifs is 2. The van der Waals surface area contributed by atoms with Crippen LogP contribution >= 0.6 is 11.8 Å². The van der Waals surface area contributed by atoms with Crippen LogP contribution in [0.3, 0.4) is 0 Å². The summed E-state index contributed by atoms with van der Waals surface area (Å²) in [5.74, 6) is 1.90. The summed E-state index contributed by atoms with van der Waals surface area (Å²) in [5, 5.41) is 11.0. The first-order valence-corrected chi connectivity index (χ1v) is 13.3. The van der Waals surface area contributed by atoms with Crippen molar-refractivity contribution in [3.8, 4) is 11.4 Å². The Kier molecular flexibility index (Phi) is 7.65. The zero-order chi connectivity index (χ0) is 24.9. The lowest BCUT2D eigenvalue weighted by Gasteiger charge is -2.19. The maximum atomic E-state index is 5.01. The largest absolute Gasteiger partial charge is 0.305 e. The van der Waals surface area contributed by atoms with Gasteiger partial charge in [0.05, 0.1) is 18.3 Å². The van der Waals surface area contributed by atoms with Gasteiger partial charge < -0.3 is 9.47 Å². The first kappa shape index (κ1) is 24.5. The van der Waals surface area contributed by atoms with E-state index in [1.54, 1.807) is 18.9 Å². The van der Waals surface area contributed by atoms with Gasteiger partial charge in [-0.25, -0.2) is 0 Å². The molecule has 1 N–H and O–H groups in total. The van der Waals surface area contributed by atoms with E-state index in [4.69, 9.17) is 4.84 Å². The van der Waals surface area contributed by atoms with Gasteiger partial charge in [0.25, 0.3) is 0 Å². The fourth-order valence-electron chi connectivity index (χ4n) is 4.72. The van der Waals surface area contributed by atoms with Crippen LogP contribution in [-0.2, 0) is 24.7 Å². The summed E-state index contributed by atoms with van der Waals surface area (Å²) in [4.78, 5) is 12.0. The van der Waals surface area contributed by atoms with Gasteiger partial charge in [0.2, 0.25) is 0 Å². The summed E-state index contributed by atoms with van der Waals surface area (Å²) in [6, 6.07) is 16.9. The third kappa shape index (κ3) is 5.46. The summed E-state index contributed by atoms with van der Waals surface area (Å²) >= 11 is 1.78. The van der Waals surface area contributed by atoms with Gasteiger partial charge in [-0.3, -0.25) is 15.3 Å². The standard InChI is InChI=1S/C28H32N6OS/c1-20(32-35-3)22-8-7-21-11-15-34(16-12-23(21)18-22)14-5-17-36-28-31-30-27(33(28)2)25-9-10-26-24(19-25)6-4-13-29-26/h4,6-10,13,18-19,32H,1,5,11-12,14-17H2,2-3H3. The predicted octanol–water partition coefficient (Wildman–Crippen LogP) is 4.74. The lowest BCUT2D eigenvalue weighted by molar-refractivity contribution is 0.137. The first-order valence-electron chi connectivity index (χ1n) is 12.3. The number of aromatic nitrogens is 4. The molecule has 1 aliphatic heterocycles. The maximum absolute atomic E-state index is 5.01. The highest BCUT2D eigenvalue weighted by atomic mass is 32.2. The third-order valence-electron chi connectivity index (χ3n) is 6.72. The van der Waals surface area contributed by atoms with Crippen LogP contribution in [0.25, 0.3) is 28.0 Å². The molecule has 0 radical (unpaired) electrons. The monoisotopic (exact) mass is 500 g/mol. The van der Waals surface area contributed by atoms with Gasteiger partial charge in [0.1, 0.15) is 0 Å². The quantitative estimate of drug-likeness (QED) is 0.202. The van der Waals surface area contributed by atoms with Gasteiger partial charge in [-0.1, -0.05) is 36.5 Å². The normalized spacial score (nSPS) is 13.9. The van der Waals surface area contributed by atoms with E-state index in [-0.39, 0.29) is 0 Å². The van der Waals surface area contributed by atoms with Crippen LogP contribution in [-0.4, -0.2) is 57.1 Å². The van der Waals surface area contributed by atoms with Crippen molar-refractivity contribution >= 4 is 28.4 Å². The van der Waals surface area contributed by atoms with Crippen molar-refractivity contribution < 1.29 is 4.84 Å². The molecule has 1 aliphatic rings. The van der Waals surface area contributed by atoms with Crippen molar-refractivity contribution in [3.63, 3.8) is 0 Å². The van der Waals surface area contributed by atoms with Gasteiger partial charge in [-0.05, 0) is 72.8 Å². The molecule has 0 saturated carbocycles. The number of pyridine rings is 1. The molecule has 0 saturated heterocycles. The number of rotatable bonds is 9. The van der Waals surface area contributed by atoms with Crippen LogP contribution in [0.1, 0.15) is 23.1 Å². The fourth-order valence-corrected chi connectivity index (χ4v) is 5.56. The molecule has 0 fully saturated rings. The van der Waals surface area contributed by atoms with Gasteiger partial charge in [-0.2, -0.15) is 0 Å². The summed E-state index contributed by atoms with van der Waals surface area (Å²) < 4.78 is 2.09. The van der Waals surface area contributed by atoms with Crippen LogP contribution < -0.4 is 5.48 Å². The van der Waals surface area contributed by atoms with Crippen molar-refractivity contribution in [2.45, 2.75) is 24.4 Å². The zero-order valence-electron chi connectivity index (χ0n) is 20.9. The fraction of sp³-hybridized carbons (Fsp3) is 0.321. The maximum Gasteiger partial charge on any atom is 0.191 e. The first-order chi connectivity index (χ1) is 17.6. The van der Waals surface area contributed by atoms with E-state index >= 15 is 0 Å².